The van der Waals surface area contributed by atoms with Gasteiger partial charge in [0, 0.05) is 30.8 Å². The van der Waals surface area contributed by atoms with E-state index in [1.165, 1.54) is 0 Å². The molecule has 1 unspecified atom stereocenters. The highest BCUT2D eigenvalue weighted by Crippen LogP contribution is 2.31. The highest BCUT2D eigenvalue weighted by molar-refractivity contribution is 5.63. The van der Waals surface area contributed by atoms with Crippen LogP contribution in [-0.2, 0) is 4.79 Å². The summed E-state index contributed by atoms with van der Waals surface area (Å²) in [4.78, 5) is 27.5. The number of rotatable bonds is 3. The molecule has 18 heavy (non-hydrogen) atoms. The van der Waals surface area contributed by atoms with Gasteiger partial charge in [0.15, 0.2) is 0 Å². The molecule has 0 amide bonds. The average molecular weight is 249 g/mol. The van der Waals surface area contributed by atoms with E-state index in [-0.39, 0.29) is 11.6 Å². The van der Waals surface area contributed by atoms with Crippen molar-refractivity contribution in [3.05, 3.63) is 27.9 Å². The van der Waals surface area contributed by atoms with E-state index < -0.39 is 4.92 Å². The number of piperidine rings is 1. The number of aromatic nitrogens is 1. The van der Waals surface area contributed by atoms with Crippen molar-refractivity contribution >= 4 is 17.8 Å². The molecule has 1 aliphatic rings. The minimum absolute atomic E-state index is 0.0454. The zero-order chi connectivity index (χ0) is 13.1. The highest BCUT2D eigenvalue weighted by Gasteiger charge is 2.27. The fourth-order valence-electron chi connectivity index (χ4n) is 2.31. The SMILES string of the molecule is Cc1ccnc(N2CCCC(C=O)C2)c1[N+](=O)[O-]. The van der Waals surface area contributed by atoms with Crippen LogP contribution in [0.5, 0.6) is 0 Å². The molecule has 0 bridgehead atoms. The van der Waals surface area contributed by atoms with Gasteiger partial charge < -0.3 is 9.69 Å². The number of anilines is 1. The Hall–Kier alpha value is -1.98. The standard InChI is InChI=1S/C12H15N3O3/c1-9-4-5-13-12(11(9)15(17)18)14-6-2-3-10(7-14)8-16/h4-5,8,10H,2-3,6-7H2,1H3. The quantitative estimate of drug-likeness (QED) is 0.463. The van der Waals surface area contributed by atoms with Crippen molar-refractivity contribution < 1.29 is 9.72 Å². The highest BCUT2D eigenvalue weighted by atomic mass is 16.6. The Balaban J connectivity index is 2.35. The summed E-state index contributed by atoms with van der Waals surface area (Å²) in [6.45, 7) is 2.92. The van der Waals surface area contributed by atoms with Gasteiger partial charge in [-0.05, 0) is 25.8 Å². The molecule has 2 heterocycles. The van der Waals surface area contributed by atoms with Crippen LogP contribution in [0.15, 0.2) is 12.3 Å². The summed E-state index contributed by atoms with van der Waals surface area (Å²) in [5.74, 6) is 0.326. The predicted octanol–water partition coefficient (Wildman–Crippen LogP) is 1.71. The summed E-state index contributed by atoms with van der Waals surface area (Å²) in [6, 6.07) is 1.63. The van der Waals surface area contributed by atoms with Crippen molar-refractivity contribution in [2.75, 3.05) is 18.0 Å². The summed E-state index contributed by atoms with van der Waals surface area (Å²) in [6.07, 6.45) is 4.20. The van der Waals surface area contributed by atoms with Crippen LogP contribution < -0.4 is 4.90 Å². The Kier molecular flexibility index (Phi) is 3.55. The van der Waals surface area contributed by atoms with Crippen molar-refractivity contribution in [1.29, 1.82) is 0 Å². The van der Waals surface area contributed by atoms with Crippen LogP contribution in [-0.4, -0.2) is 29.3 Å². The third kappa shape index (κ3) is 2.32. The molecule has 2 rings (SSSR count). The van der Waals surface area contributed by atoms with E-state index in [1.807, 2.05) is 4.90 Å². The maximum atomic E-state index is 11.1. The lowest BCUT2D eigenvalue weighted by atomic mass is 9.99. The first-order valence-electron chi connectivity index (χ1n) is 5.93. The molecule has 1 aromatic rings. The topological polar surface area (TPSA) is 76.3 Å². The number of pyridine rings is 1. The minimum atomic E-state index is -0.401. The number of hydrogen-bond acceptors (Lipinski definition) is 5. The Morgan fingerprint density at radius 2 is 2.39 bits per heavy atom. The molecule has 0 aromatic carbocycles. The summed E-state index contributed by atoms with van der Waals surface area (Å²) >= 11 is 0. The van der Waals surface area contributed by atoms with E-state index in [2.05, 4.69) is 4.98 Å². The fraction of sp³-hybridized carbons (Fsp3) is 0.500. The average Bonchev–Trinajstić information content (AvgIpc) is 2.38. The van der Waals surface area contributed by atoms with Crippen LogP contribution in [0, 0.1) is 23.0 Å². The van der Waals surface area contributed by atoms with Crippen LogP contribution in [0.1, 0.15) is 18.4 Å². The summed E-state index contributed by atoms with van der Waals surface area (Å²) in [5, 5.41) is 11.1. The fourth-order valence-corrected chi connectivity index (χ4v) is 2.31. The summed E-state index contributed by atoms with van der Waals surface area (Å²) < 4.78 is 0. The molecule has 0 saturated carbocycles. The molecule has 1 aliphatic heterocycles. The number of carbonyl (C=O) groups is 1. The first-order chi connectivity index (χ1) is 8.63. The zero-order valence-electron chi connectivity index (χ0n) is 10.2. The number of aryl methyl sites for hydroxylation is 1. The zero-order valence-corrected chi connectivity index (χ0v) is 10.2. The van der Waals surface area contributed by atoms with Gasteiger partial charge in [0.05, 0.1) is 4.92 Å². The van der Waals surface area contributed by atoms with Gasteiger partial charge in [-0.2, -0.15) is 0 Å². The Labute approximate surface area is 105 Å². The van der Waals surface area contributed by atoms with Crippen molar-refractivity contribution in [2.24, 2.45) is 5.92 Å². The number of nitrogens with zero attached hydrogens (tertiary/aromatic N) is 3. The Bertz CT molecular complexity index is 476. The number of carbonyl (C=O) groups excluding carboxylic acids is 1. The van der Waals surface area contributed by atoms with E-state index >= 15 is 0 Å². The van der Waals surface area contributed by atoms with Crippen molar-refractivity contribution in [1.82, 2.24) is 4.98 Å². The van der Waals surface area contributed by atoms with Crippen LogP contribution in [0.4, 0.5) is 11.5 Å². The number of aldehydes is 1. The Morgan fingerprint density at radius 3 is 3.06 bits per heavy atom. The number of hydrogen-bond donors (Lipinski definition) is 0. The molecule has 6 heteroatoms. The van der Waals surface area contributed by atoms with E-state index in [4.69, 9.17) is 0 Å². The van der Waals surface area contributed by atoms with E-state index in [1.54, 1.807) is 19.2 Å². The van der Waals surface area contributed by atoms with Gasteiger partial charge in [-0.1, -0.05) is 0 Å². The molecule has 96 valence electrons. The minimum Gasteiger partial charge on any atom is -0.350 e. The van der Waals surface area contributed by atoms with Crippen molar-refractivity contribution in [2.45, 2.75) is 19.8 Å². The first kappa shape index (κ1) is 12.5. The van der Waals surface area contributed by atoms with Gasteiger partial charge in [0.2, 0.25) is 5.82 Å². The third-order valence-electron chi connectivity index (χ3n) is 3.24. The second-order valence-corrected chi connectivity index (χ2v) is 4.54. The predicted molar refractivity (Wildman–Crippen MR) is 66.6 cm³/mol. The molecule has 0 radical (unpaired) electrons. The third-order valence-corrected chi connectivity index (χ3v) is 3.24. The molecule has 6 nitrogen and oxygen atoms in total. The van der Waals surface area contributed by atoms with Gasteiger partial charge in [0.1, 0.15) is 6.29 Å². The van der Waals surface area contributed by atoms with Crippen LogP contribution >= 0.6 is 0 Å². The maximum absolute atomic E-state index is 11.1. The van der Waals surface area contributed by atoms with Crippen molar-refractivity contribution in [3.8, 4) is 0 Å². The van der Waals surface area contributed by atoms with E-state index in [0.717, 1.165) is 19.1 Å². The van der Waals surface area contributed by atoms with Gasteiger partial charge in [-0.3, -0.25) is 10.1 Å². The van der Waals surface area contributed by atoms with E-state index in [9.17, 15) is 14.9 Å². The first-order valence-corrected chi connectivity index (χ1v) is 5.93. The van der Waals surface area contributed by atoms with Gasteiger partial charge >= 0.3 is 5.69 Å². The van der Waals surface area contributed by atoms with E-state index in [0.29, 0.717) is 24.5 Å². The largest absolute Gasteiger partial charge is 0.350 e. The molecule has 0 spiro atoms. The van der Waals surface area contributed by atoms with Crippen LogP contribution in [0.2, 0.25) is 0 Å². The molecule has 1 atom stereocenters. The second kappa shape index (κ2) is 5.12. The molecular weight excluding hydrogens is 234 g/mol. The van der Waals surface area contributed by atoms with Crippen molar-refractivity contribution in [3.63, 3.8) is 0 Å². The molecule has 1 aromatic heterocycles. The number of nitro groups is 1. The monoisotopic (exact) mass is 249 g/mol. The van der Waals surface area contributed by atoms with Gasteiger partial charge in [0.25, 0.3) is 0 Å². The second-order valence-electron chi connectivity index (χ2n) is 4.54. The van der Waals surface area contributed by atoms with Crippen LogP contribution in [0.3, 0.4) is 0 Å². The summed E-state index contributed by atoms with van der Waals surface area (Å²) in [5.41, 5.74) is 0.641. The van der Waals surface area contributed by atoms with Crippen LogP contribution in [0.25, 0.3) is 0 Å². The normalized spacial score (nSPS) is 19.6. The maximum Gasteiger partial charge on any atom is 0.314 e. The lowest BCUT2D eigenvalue weighted by molar-refractivity contribution is -0.384. The molecule has 1 saturated heterocycles. The molecule has 1 fully saturated rings. The van der Waals surface area contributed by atoms with Gasteiger partial charge in [-0.25, -0.2) is 4.98 Å². The van der Waals surface area contributed by atoms with Gasteiger partial charge in [-0.15, -0.1) is 0 Å². The lowest BCUT2D eigenvalue weighted by Gasteiger charge is -2.30. The smallest absolute Gasteiger partial charge is 0.314 e. The Morgan fingerprint density at radius 1 is 1.61 bits per heavy atom. The molecule has 0 aliphatic carbocycles. The lowest BCUT2D eigenvalue weighted by Crippen LogP contribution is -2.37. The molecular formula is C12H15N3O3. The summed E-state index contributed by atoms with van der Waals surface area (Å²) in [7, 11) is 0. The molecule has 0 N–H and O–H groups in total.